The standard InChI is InChI=1S/C12H20N4/c1-15(2)12-11(13-6-7-14-12)10-4-8-16(3)9-5-10/h6-7,10H,4-5,8-9H2,1-3H3. The van der Waals surface area contributed by atoms with Crippen LogP contribution in [-0.4, -0.2) is 49.1 Å². The van der Waals surface area contributed by atoms with Gasteiger partial charge in [-0.05, 0) is 33.0 Å². The lowest BCUT2D eigenvalue weighted by molar-refractivity contribution is 0.253. The molecule has 2 rings (SSSR count). The first-order valence-corrected chi connectivity index (χ1v) is 5.85. The van der Waals surface area contributed by atoms with Crippen LogP contribution in [0.5, 0.6) is 0 Å². The Morgan fingerprint density at radius 1 is 1.19 bits per heavy atom. The minimum Gasteiger partial charge on any atom is -0.361 e. The molecule has 0 aliphatic carbocycles. The van der Waals surface area contributed by atoms with E-state index in [1.165, 1.54) is 18.5 Å². The van der Waals surface area contributed by atoms with Gasteiger partial charge in [0.15, 0.2) is 0 Å². The van der Waals surface area contributed by atoms with Crippen LogP contribution < -0.4 is 4.90 Å². The molecule has 1 fully saturated rings. The molecule has 16 heavy (non-hydrogen) atoms. The van der Waals surface area contributed by atoms with Crippen molar-refractivity contribution in [1.82, 2.24) is 14.9 Å². The topological polar surface area (TPSA) is 32.3 Å². The Hall–Kier alpha value is -1.16. The second kappa shape index (κ2) is 4.78. The summed E-state index contributed by atoms with van der Waals surface area (Å²) in [6.07, 6.45) is 5.96. The molecule has 0 amide bonds. The van der Waals surface area contributed by atoms with Crippen LogP contribution in [0.15, 0.2) is 12.4 Å². The molecule has 4 nitrogen and oxygen atoms in total. The summed E-state index contributed by atoms with van der Waals surface area (Å²) in [5, 5.41) is 0. The zero-order valence-electron chi connectivity index (χ0n) is 10.3. The molecule has 1 aromatic rings. The Labute approximate surface area is 97.3 Å². The first-order valence-electron chi connectivity index (χ1n) is 5.85. The van der Waals surface area contributed by atoms with Crippen LogP contribution in [0.3, 0.4) is 0 Å². The van der Waals surface area contributed by atoms with Gasteiger partial charge in [0.25, 0.3) is 0 Å². The van der Waals surface area contributed by atoms with E-state index in [9.17, 15) is 0 Å². The highest BCUT2D eigenvalue weighted by Gasteiger charge is 2.23. The molecule has 1 aliphatic rings. The van der Waals surface area contributed by atoms with Crippen molar-refractivity contribution in [1.29, 1.82) is 0 Å². The molecule has 88 valence electrons. The van der Waals surface area contributed by atoms with Gasteiger partial charge in [0.1, 0.15) is 5.82 Å². The van der Waals surface area contributed by atoms with Crippen molar-refractivity contribution in [2.75, 3.05) is 39.1 Å². The summed E-state index contributed by atoms with van der Waals surface area (Å²) in [6.45, 7) is 2.32. The van der Waals surface area contributed by atoms with Gasteiger partial charge < -0.3 is 9.80 Å². The lowest BCUT2D eigenvalue weighted by atomic mass is 9.93. The number of piperidine rings is 1. The summed E-state index contributed by atoms with van der Waals surface area (Å²) in [6, 6.07) is 0. The second-order valence-corrected chi connectivity index (χ2v) is 4.74. The molecule has 4 heteroatoms. The molecular formula is C12H20N4. The fourth-order valence-electron chi connectivity index (χ4n) is 2.26. The maximum absolute atomic E-state index is 4.53. The molecule has 0 radical (unpaired) electrons. The SMILES string of the molecule is CN1CCC(c2nccnc2N(C)C)CC1. The normalized spacial score (nSPS) is 18.7. The predicted octanol–water partition coefficient (Wildman–Crippen LogP) is 1.35. The Morgan fingerprint density at radius 2 is 1.81 bits per heavy atom. The lowest BCUT2D eigenvalue weighted by Crippen LogP contribution is -2.30. The zero-order chi connectivity index (χ0) is 11.5. The van der Waals surface area contributed by atoms with Crippen LogP contribution in [0.4, 0.5) is 5.82 Å². The quantitative estimate of drug-likeness (QED) is 0.753. The van der Waals surface area contributed by atoms with Crippen LogP contribution in [0.2, 0.25) is 0 Å². The van der Waals surface area contributed by atoms with Crippen LogP contribution in [-0.2, 0) is 0 Å². The van der Waals surface area contributed by atoms with Gasteiger partial charge in [-0.15, -0.1) is 0 Å². The monoisotopic (exact) mass is 220 g/mol. The van der Waals surface area contributed by atoms with Crippen molar-refractivity contribution in [3.8, 4) is 0 Å². The van der Waals surface area contributed by atoms with E-state index in [-0.39, 0.29) is 0 Å². The van der Waals surface area contributed by atoms with Crippen molar-refractivity contribution in [2.24, 2.45) is 0 Å². The molecule has 0 bridgehead atoms. The number of likely N-dealkylation sites (tertiary alicyclic amines) is 1. The molecule has 0 aromatic carbocycles. The second-order valence-electron chi connectivity index (χ2n) is 4.74. The number of rotatable bonds is 2. The van der Waals surface area contributed by atoms with Gasteiger partial charge in [0.2, 0.25) is 0 Å². The summed E-state index contributed by atoms with van der Waals surface area (Å²) >= 11 is 0. The third-order valence-electron chi connectivity index (χ3n) is 3.24. The number of hydrogen-bond acceptors (Lipinski definition) is 4. The Kier molecular flexibility index (Phi) is 3.39. The van der Waals surface area contributed by atoms with Gasteiger partial charge in [0, 0.05) is 32.4 Å². The molecule has 0 N–H and O–H groups in total. The first kappa shape index (κ1) is 11.3. The number of hydrogen-bond donors (Lipinski definition) is 0. The van der Waals surface area contributed by atoms with Crippen LogP contribution in [0, 0.1) is 0 Å². The maximum atomic E-state index is 4.53. The van der Waals surface area contributed by atoms with E-state index in [1.54, 1.807) is 12.4 Å². The molecule has 1 aliphatic heterocycles. The van der Waals surface area contributed by atoms with E-state index in [1.807, 2.05) is 14.1 Å². The minimum absolute atomic E-state index is 0.572. The average Bonchev–Trinajstić information content (AvgIpc) is 2.30. The van der Waals surface area contributed by atoms with E-state index in [2.05, 4.69) is 26.8 Å². The minimum atomic E-state index is 0.572. The maximum Gasteiger partial charge on any atom is 0.150 e. The molecule has 0 saturated carbocycles. The van der Waals surface area contributed by atoms with E-state index >= 15 is 0 Å². The van der Waals surface area contributed by atoms with Crippen molar-refractivity contribution < 1.29 is 0 Å². The lowest BCUT2D eigenvalue weighted by Gasteiger charge is -2.30. The summed E-state index contributed by atoms with van der Waals surface area (Å²) in [4.78, 5) is 13.4. The Morgan fingerprint density at radius 3 is 2.44 bits per heavy atom. The Balaban J connectivity index is 2.19. The van der Waals surface area contributed by atoms with E-state index in [0.717, 1.165) is 18.9 Å². The van der Waals surface area contributed by atoms with Crippen LogP contribution in [0.1, 0.15) is 24.5 Å². The van der Waals surface area contributed by atoms with E-state index < -0.39 is 0 Å². The summed E-state index contributed by atoms with van der Waals surface area (Å²) < 4.78 is 0. The van der Waals surface area contributed by atoms with Crippen LogP contribution in [0.25, 0.3) is 0 Å². The summed E-state index contributed by atoms with van der Waals surface area (Å²) in [7, 11) is 6.24. The van der Waals surface area contributed by atoms with Gasteiger partial charge in [-0.1, -0.05) is 0 Å². The van der Waals surface area contributed by atoms with Gasteiger partial charge in [-0.25, -0.2) is 4.98 Å². The predicted molar refractivity (Wildman–Crippen MR) is 65.8 cm³/mol. The van der Waals surface area contributed by atoms with E-state index in [4.69, 9.17) is 0 Å². The molecule has 0 spiro atoms. The third-order valence-corrected chi connectivity index (χ3v) is 3.24. The highest BCUT2D eigenvalue weighted by atomic mass is 15.2. The van der Waals surface area contributed by atoms with Crippen molar-refractivity contribution in [3.63, 3.8) is 0 Å². The highest BCUT2D eigenvalue weighted by molar-refractivity contribution is 5.43. The van der Waals surface area contributed by atoms with Gasteiger partial charge in [-0.3, -0.25) is 4.98 Å². The number of aromatic nitrogens is 2. The average molecular weight is 220 g/mol. The largest absolute Gasteiger partial charge is 0.361 e. The highest BCUT2D eigenvalue weighted by Crippen LogP contribution is 2.30. The number of anilines is 1. The van der Waals surface area contributed by atoms with Crippen molar-refractivity contribution in [2.45, 2.75) is 18.8 Å². The summed E-state index contributed by atoms with van der Waals surface area (Å²) in [5.74, 6) is 1.60. The van der Waals surface area contributed by atoms with Crippen molar-refractivity contribution >= 4 is 5.82 Å². The third kappa shape index (κ3) is 2.32. The first-order chi connectivity index (χ1) is 7.68. The molecule has 0 atom stereocenters. The van der Waals surface area contributed by atoms with Crippen LogP contribution >= 0.6 is 0 Å². The molecular weight excluding hydrogens is 200 g/mol. The summed E-state index contributed by atoms with van der Waals surface area (Å²) in [5.41, 5.74) is 1.17. The molecule has 0 unspecified atom stereocenters. The molecule has 1 saturated heterocycles. The fourth-order valence-corrected chi connectivity index (χ4v) is 2.26. The van der Waals surface area contributed by atoms with Gasteiger partial charge in [-0.2, -0.15) is 0 Å². The molecule has 2 heterocycles. The van der Waals surface area contributed by atoms with E-state index in [0.29, 0.717) is 5.92 Å². The smallest absolute Gasteiger partial charge is 0.150 e. The Bertz CT molecular complexity index is 343. The van der Waals surface area contributed by atoms with Gasteiger partial charge >= 0.3 is 0 Å². The zero-order valence-corrected chi connectivity index (χ0v) is 10.3. The molecule has 1 aromatic heterocycles. The van der Waals surface area contributed by atoms with Crippen molar-refractivity contribution in [3.05, 3.63) is 18.1 Å². The fraction of sp³-hybridized carbons (Fsp3) is 0.667. The number of nitrogens with zero attached hydrogens (tertiary/aromatic N) is 4. The van der Waals surface area contributed by atoms with Gasteiger partial charge in [0.05, 0.1) is 5.69 Å².